The van der Waals surface area contributed by atoms with Crippen molar-refractivity contribution in [3.63, 3.8) is 0 Å². The van der Waals surface area contributed by atoms with Crippen molar-refractivity contribution in [3.05, 3.63) is 59.7 Å². The van der Waals surface area contributed by atoms with Crippen molar-refractivity contribution in [3.8, 4) is 11.1 Å². The van der Waals surface area contributed by atoms with Gasteiger partial charge in [-0.3, -0.25) is 0 Å². The molecule has 0 bridgehead atoms. The summed E-state index contributed by atoms with van der Waals surface area (Å²) in [5.74, 6) is -1.06. The largest absolute Gasteiger partial charge is 0.207 e. The summed E-state index contributed by atoms with van der Waals surface area (Å²) >= 11 is 2.35. The zero-order valence-corrected chi connectivity index (χ0v) is 12.0. The Bertz CT molecular complexity index is 521. The van der Waals surface area contributed by atoms with Crippen molar-refractivity contribution in [1.82, 2.24) is 0 Å². The molecule has 18 heavy (non-hydrogen) atoms. The van der Waals surface area contributed by atoms with Crippen molar-refractivity contribution in [1.29, 1.82) is 0 Å². The van der Waals surface area contributed by atoms with Gasteiger partial charge in [-0.15, -0.1) is 0 Å². The highest BCUT2D eigenvalue weighted by Crippen LogP contribution is 2.24. The standard InChI is InChI=1S/C15H13F2I/c16-13-7-8-14(15(17)10-13)12-5-3-11(4-6-12)2-1-9-18/h3-8,10H,1-2,9H2. The molecule has 0 heterocycles. The third kappa shape index (κ3) is 3.28. The van der Waals surface area contributed by atoms with E-state index in [-0.39, 0.29) is 0 Å². The predicted octanol–water partition coefficient (Wildman–Crippen LogP) is 5.00. The van der Waals surface area contributed by atoms with Gasteiger partial charge < -0.3 is 0 Å². The molecule has 0 aliphatic carbocycles. The highest BCUT2D eigenvalue weighted by Gasteiger charge is 2.06. The molecular formula is C15H13F2I. The Balaban J connectivity index is 2.23. The van der Waals surface area contributed by atoms with E-state index in [4.69, 9.17) is 0 Å². The zero-order chi connectivity index (χ0) is 13.0. The Labute approximate surface area is 119 Å². The van der Waals surface area contributed by atoms with Crippen LogP contribution in [0.2, 0.25) is 0 Å². The lowest BCUT2D eigenvalue weighted by atomic mass is 10.0. The van der Waals surface area contributed by atoms with Crippen molar-refractivity contribution in [2.45, 2.75) is 12.8 Å². The number of benzene rings is 2. The molecule has 0 nitrogen and oxygen atoms in total. The summed E-state index contributed by atoms with van der Waals surface area (Å²) in [6.07, 6.45) is 2.18. The fourth-order valence-corrected chi connectivity index (χ4v) is 2.23. The highest BCUT2D eigenvalue weighted by atomic mass is 127. The van der Waals surface area contributed by atoms with Crippen LogP contribution >= 0.6 is 22.6 Å². The molecule has 94 valence electrons. The van der Waals surface area contributed by atoms with E-state index in [2.05, 4.69) is 22.6 Å². The van der Waals surface area contributed by atoms with Crippen LogP contribution in [0.1, 0.15) is 12.0 Å². The topological polar surface area (TPSA) is 0 Å². The molecular weight excluding hydrogens is 345 g/mol. The van der Waals surface area contributed by atoms with E-state index in [1.54, 1.807) is 0 Å². The van der Waals surface area contributed by atoms with Gasteiger partial charge in [0.05, 0.1) is 0 Å². The molecule has 0 aliphatic heterocycles. The monoisotopic (exact) mass is 358 g/mol. The van der Waals surface area contributed by atoms with Gasteiger partial charge >= 0.3 is 0 Å². The van der Waals surface area contributed by atoms with Gasteiger partial charge in [-0.1, -0.05) is 46.9 Å². The average Bonchev–Trinajstić information content (AvgIpc) is 2.37. The first-order valence-electron chi connectivity index (χ1n) is 5.81. The molecule has 0 radical (unpaired) electrons. The van der Waals surface area contributed by atoms with Gasteiger partial charge in [0.1, 0.15) is 11.6 Å². The first-order chi connectivity index (χ1) is 8.70. The van der Waals surface area contributed by atoms with Crippen LogP contribution in [0.3, 0.4) is 0 Å². The first-order valence-corrected chi connectivity index (χ1v) is 7.33. The number of hydrogen-bond donors (Lipinski definition) is 0. The van der Waals surface area contributed by atoms with Crippen LogP contribution in [0.15, 0.2) is 42.5 Å². The van der Waals surface area contributed by atoms with Crippen molar-refractivity contribution in [2.24, 2.45) is 0 Å². The molecule has 3 heteroatoms. The molecule has 0 saturated carbocycles. The van der Waals surface area contributed by atoms with Gasteiger partial charge in [0, 0.05) is 11.6 Å². The van der Waals surface area contributed by atoms with Crippen LogP contribution in [0.25, 0.3) is 11.1 Å². The molecule has 0 saturated heterocycles. The summed E-state index contributed by atoms with van der Waals surface area (Å²) < 4.78 is 27.6. The lowest BCUT2D eigenvalue weighted by Crippen LogP contribution is -1.89. The van der Waals surface area contributed by atoms with Gasteiger partial charge in [-0.25, -0.2) is 8.78 Å². The Morgan fingerprint density at radius 2 is 1.67 bits per heavy atom. The number of hydrogen-bond acceptors (Lipinski definition) is 0. The Morgan fingerprint density at radius 3 is 2.28 bits per heavy atom. The van der Waals surface area contributed by atoms with E-state index in [1.165, 1.54) is 17.7 Å². The third-order valence-corrected chi connectivity index (χ3v) is 3.56. The minimum atomic E-state index is -0.546. The van der Waals surface area contributed by atoms with Crippen molar-refractivity contribution in [2.75, 3.05) is 4.43 Å². The van der Waals surface area contributed by atoms with E-state index in [0.717, 1.165) is 28.9 Å². The summed E-state index contributed by atoms with van der Waals surface area (Å²) in [6, 6.07) is 11.5. The fourth-order valence-electron chi connectivity index (χ4n) is 1.85. The maximum Gasteiger partial charge on any atom is 0.133 e. The van der Waals surface area contributed by atoms with E-state index in [0.29, 0.717) is 5.56 Å². The van der Waals surface area contributed by atoms with E-state index >= 15 is 0 Å². The quantitative estimate of drug-likeness (QED) is 0.533. The van der Waals surface area contributed by atoms with Crippen LogP contribution in [0.5, 0.6) is 0 Å². The second-order valence-electron chi connectivity index (χ2n) is 4.11. The second kappa shape index (κ2) is 6.27. The van der Waals surface area contributed by atoms with E-state index in [1.807, 2.05) is 24.3 Å². The predicted molar refractivity (Wildman–Crippen MR) is 79.0 cm³/mol. The summed E-state index contributed by atoms with van der Waals surface area (Å²) in [7, 11) is 0. The number of halogens is 3. The number of alkyl halides is 1. The summed E-state index contributed by atoms with van der Waals surface area (Å²) in [6.45, 7) is 0. The third-order valence-electron chi connectivity index (χ3n) is 2.80. The van der Waals surface area contributed by atoms with Gasteiger partial charge in [-0.2, -0.15) is 0 Å². The maximum atomic E-state index is 13.6. The van der Waals surface area contributed by atoms with Gasteiger partial charge in [0.15, 0.2) is 0 Å². The van der Waals surface area contributed by atoms with Gasteiger partial charge in [0.25, 0.3) is 0 Å². The summed E-state index contributed by atoms with van der Waals surface area (Å²) in [4.78, 5) is 0. The normalized spacial score (nSPS) is 10.6. The molecule has 0 fully saturated rings. The molecule has 0 aromatic heterocycles. The molecule has 2 aromatic carbocycles. The van der Waals surface area contributed by atoms with Crippen LogP contribution < -0.4 is 0 Å². The Hall–Kier alpha value is -0.970. The first kappa shape index (κ1) is 13.5. The van der Waals surface area contributed by atoms with Crippen LogP contribution in [-0.4, -0.2) is 4.43 Å². The molecule has 2 rings (SSSR count). The lowest BCUT2D eigenvalue weighted by Gasteiger charge is -2.05. The summed E-state index contributed by atoms with van der Waals surface area (Å²) in [5.41, 5.74) is 2.47. The maximum absolute atomic E-state index is 13.6. The highest BCUT2D eigenvalue weighted by molar-refractivity contribution is 14.1. The molecule has 0 atom stereocenters. The molecule has 0 amide bonds. The van der Waals surface area contributed by atoms with Crippen LogP contribution in [-0.2, 0) is 6.42 Å². The minimum absolute atomic E-state index is 0.442. The SMILES string of the molecule is Fc1ccc(-c2ccc(CCCI)cc2)c(F)c1. The summed E-state index contributed by atoms with van der Waals surface area (Å²) in [5, 5.41) is 0. The number of rotatable bonds is 4. The Morgan fingerprint density at radius 1 is 0.944 bits per heavy atom. The van der Waals surface area contributed by atoms with Gasteiger partial charge in [-0.05, 0) is 40.5 Å². The van der Waals surface area contributed by atoms with Crippen molar-refractivity contribution < 1.29 is 8.78 Å². The smallest absolute Gasteiger partial charge is 0.133 e. The molecule has 2 aromatic rings. The molecule has 0 aliphatic rings. The van der Waals surface area contributed by atoms with Crippen molar-refractivity contribution >= 4 is 22.6 Å². The van der Waals surface area contributed by atoms with Crippen LogP contribution in [0, 0.1) is 11.6 Å². The van der Waals surface area contributed by atoms with E-state index in [9.17, 15) is 8.78 Å². The second-order valence-corrected chi connectivity index (χ2v) is 5.19. The molecule has 0 spiro atoms. The fraction of sp³-hybridized carbons (Fsp3) is 0.200. The van der Waals surface area contributed by atoms with Crippen LogP contribution in [0.4, 0.5) is 8.78 Å². The van der Waals surface area contributed by atoms with E-state index < -0.39 is 11.6 Å². The van der Waals surface area contributed by atoms with Gasteiger partial charge in [0.2, 0.25) is 0 Å². The molecule has 0 unspecified atom stereocenters. The zero-order valence-electron chi connectivity index (χ0n) is 9.80. The molecule has 0 N–H and O–H groups in total. The lowest BCUT2D eigenvalue weighted by molar-refractivity contribution is 0.585. The Kier molecular flexibility index (Phi) is 4.69. The average molecular weight is 358 g/mol. The number of aryl methyl sites for hydroxylation is 1. The minimum Gasteiger partial charge on any atom is -0.207 e.